The van der Waals surface area contributed by atoms with Gasteiger partial charge in [-0.1, -0.05) is 106 Å². The molecule has 1 atom stereocenters. The summed E-state index contributed by atoms with van der Waals surface area (Å²) in [5.74, 6) is 1.00. The van der Waals surface area contributed by atoms with Gasteiger partial charge in [0.2, 0.25) is 0 Å². The second-order valence-electron chi connectivity index (χ2n) is 7.17. The highest BCUT2D eigenvalue weighted by Gasteiger charge is 2.13. The highest BCUT2D eigenvalue weighted by Crippen LogP contribution is 2.38. The van der Waals surface area contributed by atoms with Gasteiger partial charge in [0, 0.05) is 11.5 Å². The standard InChI is InChI=1S/C24H35OP/c1-3-4-5-6-7-8-9-10-14-21-26(24-15-12-11-13-16-24)25-23-19-17-22(2)18-20-23/h11-13,15-20H,3-10,14,21H2,1-2H3. The molecule has 0 aliphatic heterocycles. The summed E-state index contributed by atoms with van der Waals surface area (Å²) in [6.45, 7) is 4.40. The topological polar surface area (TPSA) is 9.23 Å². The van der Waals surface area contributed by atoms with E-state index in [-0.39, 0.29) is 0 Å². The predicted octanol–water partition coefficient (Wildman–Crippen LogP) is 7.63. The fraction of sp³-hybridized carbons (Fsp3) is 0.500. The number of hydrogen-bond donors (Lipinski definition) is 0. The van der Waals surface area contributed by atoms with Crippen molar-refractivity contribution >= 4 is 13.5 Å². The second kappa shape index (κ2) is 12.9. The summed E-state index contributed by atoms with van der Waals surface area (Å²) in [5.41, 5.74) is 1.28. The Kier molecular flexibility index (Phi) is 10.4. The van der Waals surface area contributed by atoms with Crippen LogP contribution in [0.1, 0.15) is 70.3 Å². The number of hydrogen-bond acceptors (Lipinski definition) is 1. The van der Waals surface area contributed by atoms with Crippen molar-refractivity contribution in [3.05, 3.63) is 60.2 Å². The zero-order valence-corrected chi connectivity index (χ0v) is 17.5. The van der Waals surface area contributed by atoms with Gasteiger partial charge < -0.3 is 4.52 Å². The summed E-state index contributed by atoms with van der Waals surface area (Å²) < 4.78 is 6.39. The molecule has 0 N–H and O–H groups in total. The van der Waals surface area contributed by atoms with Crippen LogP contribution in [0, 0.1) is 6.92 Å². The van der Waals surface area contributed by atoms with Gasteiger partial charge in [0.05, 0.1) is 0 Å². The molecule has 1 unspecified atom stereocenters. The van der Waals surface area contributed by atoms with E-state index < -0.39 is 8.15 Å². The molecule has 0 fully saturated rings. The maximum atomic E-state index is 6.39. The summed E-state index contributed by atoms with van der Waals surface area (Å²) >= 11 is 0. The van der Waals surface area contributed by atoms with Crippen LogP contribution in [-0.4, -0.2) is 6.16 Å². The predicted molar refractivity (Wildman–Crippen MR) is 117 cm³/mol. The van der Waals surface area contributed by atoms with Gasteiger partial charge in [-0.25, -0.2) is 0 Å². The third kappa shape index (κ3) is 8.37. The molecule has 0 aromatic heterocycles. The molecular weight excluding hydrogens is 335 g/mol. The van der Waals surface area contributed by atoms with Gasteiger partial charge in [-0.15, -0.1) is 0 Å². The average molecular weight is 371 g/mol. The van der Waals surface area contributed by atoms with Gasteiger partial charge in [-0.3, -0.25) is 0 Å². The first-order chi connectivity index (χ1) is 12.8. The van der Waals surface area contributed by atoms with Crippen molar-refractivity contribution in [3.63, 3.8) is 0 Å². The van der Waals surface area contributed by atoms with Crippen LogP contribution in [-0.2, 0) is 0 Å². The van der Waals surface area contributed by atoms with E-state index in [4.69, 9.17) is 4.52 Å². The molecule has 0 bridgehead atoms. The molecule has 0 radical (unpaired) electrons. The lowest BCUT2D eigenvalue weighted by molar-refractivity contribution is 0.569. The molecule has 2 rings (SSSR count). The van der Waals surface area contributed by atoms with Crippen LogP contribution in [0.4, 0.5) is 0 Å². The lowest BCUT2D eigenvalue weighted by atomic mass is 10.1. The third-order valence-electron chi connectivity index (χ3n) is 4.75. The number of rotatable bonds is 13. The molecule has 142 valence electrons. The zero-order valence-electron chi connectivity index (χ0n) is 16.6. The molecule has 0 amide bonds. The minimum Gasteiger partial charge on any atom is -0.469 e. The first-order valence-corrected chi connectivity index (χ1v) is 11.8. The van der Waals surface area contributed by atoms with E-state index in [9.17, 15) is 0 Å². The molecule has 0 saturated carbocycles. The molecule has 0 aliphatic carbocycles. The quantitative estimate of drug-likeness (QED) is 0.260. The Bertz CT molecular complexity index is 579. The van der Waals surface area contributed by atoms with Crippen LogP contribution >= 0.6 is 8.15 Å². The van der Waals surface area contributed by atoms with E-state index in [2.05, 4.69) is 68.4 Å². The van der Waals surface area contributed by atoms with Crippen molar-refractivity contribution in [2.24, 2.45) is 0 Å². The van der Waals surface area contributed by atoms with E-state index in [1.54, 1.807) is 0 Å². The maximum absolute atomic E-state index is 6.39. The Labute approximate surface area is 162 Å². The Morgan fingerprint density at radius 2 is 1.27 bits per heavy atom. The Hall–Kier alpha value is -1.33. The van der Waals surface area contributed by atoms with Gasteiger partial charge in [0.25, 0.3) is 0 Å². The van der Waals surface area contributed by atoms with Gasteiger partial charge in [0.15, 0.2) is 0 Å². The van der Waals surface area contributed by atoms with Crippen molar-refractivity contribution in [2.75, 3.05) is 6.16 Å². The normalized spacial score (nSPS) is 12.1. The molecule has 2 aromatic rings. The Balaban J connectivity index is 1.75. The van der Waals surface area contributed by atoms with Crippen LogP contribution in [0.15, 0.2) is 54.6 Å². The highest BCUT2D eigenvalue weighted by molar-refractivity contribution is 7.61. The summed E-state index contributed by atoms with van der Waals surface area (Å²) in [6.07, 6.45) is 13.5. The van der Waals surface area contributed by atoms with Crippen molar-refractivity contribution in [2.45, 2.75) is 71.6 Å². The number of benzene rings is 2. The van der Waals surface area contributed by atoms with Crippen LogP contribution < -0.4 is 9.83 Å². The monoisotopic (exact) mass is 370 g/mol. The van der Waals surface area contributed by atoms with Crippen LogP contribution in [0.5, 0.6) is 5.75 Å². The fourth-order valence-corrected chi connectivity index (χ4v) is 4.96. The fourth-order valence-electron chi connectivity index (χ4n) is 3.11. The Morgan fingerprint density at radius 1 is 0.692 bits per heavy atom. The van der Waals surface area contributed by atoms with Crippen molar-refractivity contribution in [3.8, 4) is 5.75 Å². The first kappa shape index (κ1) is 21.0. The lowest BCUT2D eigenvalue weighted by Gasteiger charge is -2.19. The summed E-state index contributed by atoms with van der Waals surface area (Å²) in [7, 11) is -0.574. The molecule has 26 heavy (non-hydrogen) atoms. The van der Waals surface area contributed by atoms with Gasteiger partial charge in [0.1, 0.15) is 13.9 Å². The van der Waals surface area contributed by atoms with E-state index in [0.29, 0.717) is 0 Å². The highest BCUT2D eigenvalue weighted by atomic mass is 31.1. The molecule has 2 aromatic carbocycles. The number of aryl methyl sites for hydroxylation is 1. The smallest absolute Gasteiger partial charge is 0.123 e. The minimum absolute atomic E-state index is 0.574. The summed E-state index contributed by atoms with van der Waals surface area (Å²) in [5, 5.41) is 1.35. The van der Waals surface area contributed by atoms with E-state index in [1.807, 2.05) is 0 Å². The van der Waals surface area contributed by atoms with Gasteiger partial charge in [-0.2, -0.15) is 0 Å². The van der Waals surface area contributed by atoms with Crippen LogP contribution in [0.2, 0.25) is 0 Å². The average Bonchev–Trinajstić information content (AvgIpc) is 2.68. The molecule has 2 heteroatoms. The SMILES string of the molecule is CCCCCCCCCCCP(Oc1ccc(C)cc1)c1ccccc1. The molecule has 0 heterocycles. The minimum atomic E-state index is -0.574. The molecule has 0 saturated heterocycles. The van der Waals surface area contributed by atoms with E-state index in [0.717, 1.165) is 11.9 Å². The van der Waals surface area contributed by atoms with Crippen molar-refractivity contribution in [1.82, 2.24) is 0 Å². The van der Waals surface area contributed by atoms with E-state index in [1.165, 1.54) is 68.7 Å². The van der Waals surface area contributed by atoms with Gasteiger partial charge >= 0.3 is 0 Å². The van der Waals surface area contributed by atoms with Gasteiger partial charge in [-0.05, 0) is 25.5 Å². The number of unbranched alkanes of at least 4 members (excludes halogenated alkanes) is 8. The maximum Gasteiger partial charge on any atom is 0.123 e. The molecule has 0 spiro atoms. The molecular formula is C24H35OP. The van der Waals surface area contributed by atoms with Crippen molar-refractivity contribution in [1.29, 1.82) is 0 Å². The zero-order chi connectivity index (χ0) is 18.5. The van der Waals surface area contributed by atoms with E-state index >= 15 is 0 Å². The first-order valence-electron chi connectivity index (χ1n) is 10.4. The van der Waals surface area contributed by atoms with Crippen molar-refractivity contribution < 1.29 is 4.52 Å². The molecule has 0 aliphatic rings. The second-order valence-corrected chi connectivity index (χ2v) is 9.07. The Morgan fingerprint density at radius 3 is 1.88 bits per heavy atom. The summed E-state index contributed by atoms with van der Waals surface area (Å²) in [6, 6.07) is 19.2. The van der Waals surface area contributed by atoms with Crippen LogP contribution in [0.3, 0.4) is 0 Å². The lowest BCUT2D eigenvalue weighted by Crippen LogP contribution is -2.08. The third-order valence-corrected chi connectivity index (χ3v) is 6.77. The molecule has 1 nitrogen and oxygen atoms in total. The van der Waals surface area contributed by atoms with Crippen LogP contribution in [0.25, 0.3) is 0 Å². The largest absolute Gasteiger partial charge is 0.469 e. The summed E-state index contributed by atoms with van der Waals surface area (Å²) in [4.78, 5) is 0.